The lowest BCUT2D eigenvalue weighted by Gasteiger charge is -2.20. The number of benzene rings is 2. The highest BCUT2D eigenvalue weighted by atomic mass is 16.5. The molecule has 0 aliphatic heterocycles. The molecule has 0 saturated heterocycles. The number of unbranched alkanes of at least 4 members (excludes halogenated alkanes) is 1. The van der Waals surface area contributed by atoms with Crippen LogP contribution in [0.15, 0.2) is 79.0 Å². The van der Waals surface area contributed by atoms with Crippen molar-refractivity contribution in [3.05, 3.63) is 95.8 Å². The van der Waals surface area contributed by atoms with Crippen LogP contribution in [0, 0.1) is 0 Å². The van der Waals surface area contributed by atoms with E-state index >= 15 is 0 Å². The second kappa shape index (κ2) is 10.5. The van der Waals surface area contributed by atoms with E-state index in [1.54, 1.807) is 30.3 Å². The SMILES string of the molecule is CCCCC(OCc1cccc(N(C)C(=O)c2ccccn2)c1)c1ccccc1. The summed E-state index contributed by atoms with van der Waals surface area (Å²) in [6.45, 7) is 2.70. The van der Waals surface area contributed by atoms with E-state index in [1.807, 2.05) is 36.4 Å². The third-order valence-electron chi connectivity index (χ3n) is 4.93. The molecular weight excluding hydrogens is 360 g/mol. The molecule has 4 heteroatoms. The van der Waals surface area contributed by atoms with Crippen LogP contribution < -0.4 is 4.90 Å². The van der Waals surface area contributed by atoms with Crippen LogP contribution in [0.4, 0.5) is 5.69 Å². The predicted octanol–water partition coefficient (Wildman–Crippen LogP) is 5.81. The van der Waals surface area contributed by atoms with Gasteiger partial charge in [0.05, 0.1) is 12.7 Å². The van der Waals surface area contributed by atoms with Crippen molar-refractivity contribution in [2.24, 2.45) is 0 Å². The average molecular weight is 389 g/mol. The first-order valence-electron chi connectivity index (χ1n) is 10.1. The van der Waals surface area contributed by atoms with Crippen molar-refractivity contribution in [1.82, 2.24) is 4.98 Å². The molecule has 1 heterocycles. The van der Waals surface area contributed by atoms with Crippen LogP contribution in [-0.2, 0) is 11.3 Å². The number of hydrogen-bond donors (Lipinski definition) is 0. The highest BCUT2D eigenvalue weighted by molar-refractivity contribution is 6.04. The summed E-state index contributed by atoms with van der Waals surface area (Å²) in [5, 5.41) is 0. The molecule has 1 unspecified atom stereocenters. The molecule has 2 aromatic carbocycles. The molecule has 0 radical (unpaired) electrons. The lowest BCUT2D eigenvalue weighted by Crippen LogP contribution is -2.27. The number of aromatic nitrogens is 1. The summed E-state index contributed by atoms with van der Waals surface area (Å²) in [7, 11) is 1.77. The lowest BCUT2D eigenvalue weighted by molar-refractivity contribution is 0.0324. The Labute approximate surface area is 173 Å². The van der Waals surface area contributed by atoms with Crippen molar-refractivity contribution < 1.29 is 9.53 Å². The summed E-state index contributed by atoms with van der Waals surface area (Å²) in [5.41, 5.74) is 3.51. The second-order valence-electron chi connectivity index (χ2n) is 7.10. The molecular formula is C25H28N2O2. The van der Waals surface area contributed by atoms with Gasteiger partial charge in [0.2, 0.25) is 0 Å². The molecule has 0 N–H and O–H groups in total. The molecule has 0 spiro atoms. The van der Waals surface area contributed by atoms with E-state index in [0.29, 0.717) is 12.3 Å². The van der Waals surface area contributed by atoms with E-state index in [4.69, 9.17) is 4.74 Å². The number of pyridine rings is 1. The smallest absolute Gasteiger partial charge is 0.276 e. The van der Waals surface area contributed by atoms with Crippen LogP contribution in [-0.4, -0.2) is 17.9 Å². The molecule has 0 saturated carbocycles. The first-order chi connectivity index (χ1) is 14.2. The number of anilines is 1. The summed E-state index contributed by atoms with van der Waals surface area (Å²) in [6.07, 6.45) is 4.97. The normalized spacial score (nSPS) is 11.8. The number of carbonyl (C=O) groups is 1. The molecule has 3 rings (SSSR count). The fraction of sp³-hybridized carbons (Fsp3) is 0.280. The van der Waals surface area contributed by atoms with Gasteiger partial charge in [-0.05, 0) is 41.8 Å². The van der Waals surface area contributed by atoms with Crippen LogP contribution in [0.1, 0.15) is 53.9 Å². The summed E-state index contributed by atoms with van der Waals surface area (Å²) in [4.78, 5) is 18.4. The maximum atomic E-state index is 12.7. The van der Waals surface area contributed by atoms with Crippen LogP contribution >= 0.6 is 0 Å². The Morgan fingerprint density at radius 1 is 1.03 bits per heavy atom. The quantitative estimate of drug-likeness (QED) is 0.465. The van der Waals surface area contributed by atoms with E-state index < -0.39 is 0 Å². The molecule has 4 nitrogen and oxygen atoms in total. The molecule has 29 heavy (non-hydrogen) atoms. The zero-order valence-corrected chi connectivity index (χ0v) is 17.1. The summed E-state index contributed by atoms with van der Waals surface area (Å²) in [5.74, 6) is -0.131. The predicted molar refractivity (Wildman–Crippen MR) is 117 cm³/mol. The van der Waals surface area contributed by atoms with Gasteiger partial charge in [0.15, 0.2) is 0 Å². The topological polar surface area (TPSA) is 42.4 Å². The third-order valence-corrected chi connectivity index (χ3v) is 4.93. The van der Waals surface area contributed by atoms with Crippen molar-refractivity contribution in [1.29, 1.82) is 0 Å². The second-order valence-corrected chi connectivity index (χ2v) is 7.10. The molecule has 1 atom stereocenters. The van der Waals surface area contributed by atoms with Crippen LogP contribution in [0.2, 0.25) is 0 Å². The molecule has 0 aliphatic carbocycles. The van der Waals surface area contributed by atoms with Gasteiger partial charge in [0, 0.05) is 18.9 Å². The first kappa shape index (κ1) is 20.7. The summed E-state index contributed by atoms with van der Waals surface area (Å²) in [6, 6.07) is 23.6. The number of amides is 1. The lowest BCUT2D eigenvalue weighted by atomic mass is 10.0. The molecule has 150 valence electrons. The first-order valence-corrected chi connectivity index (χ1v) is 10.1. The standard InChI is InChI=1S/C25H28N2O2/c1-3-4-16-24(21-12-6-5-7-13-21)29-19-20-11-10-14-22(18-20)27(2)25(28)23-15-8-9-17-26-23/h5-15,17-18,24H,3-4,16,19H2,1-2H3. The van der Waals surface area contributed by atoms with Gasteiger partial charge in [0.1, 0.15) is 5.69 Å². The zero-order valence-electron chi connectivity index (χ0n) is 17.1. The number of carbonyl (C=O) groups excluding carboxylic acids is 1. The minimum atomic E-state index is -0.131. The molecule has 0 fully saturated rings. The highest BCUT2D eigenvalue weighted by Gasteiger charge is 2.15. The van der Waals surface area contributed by atoms with E-state index in [0.717, 1.165) is 30.5 Å². The van der Waals surface area contributed by atoms with E-state index in [1.165, 1.54) is 5.56 Å². The Hall–Kier alpha value is -2.98. The number of ether oxygens (including phenoxy) is 1. The minimum absolute atomic E-state index is 0.0766. The van der Waals surface area contributed by atoms with Gasteiger partial charge in [-0.1, -0.05) is 68.3 Å². The number of nitrogens with zero attached hydrogens (tertiary/aromatic N) is 2. The van der Waals surface area contributed by atoms with E-state index in [2.05, 4.69) is 36.2 Å². The molecule has 1 aromatic heterocycles. The maximum Gasteiger partial charge on any atom is 0.276 e. The fourth-order valence-electron chi connectivity index (χ4n) is 3.23. The van der Waals surface area contributed by atoms with Gasteiger partial charge < -0.3 is 9.64 Å². The van der Waals surface area contributed by atoms with E-state index in [-0.39, 0.29) is 12.0 Å². The van der Waals surface area contributed by atoms with Gasteiger partial charge >= 0.3 is 0 Å². The van der Waals surface area contributed by atoms with Crippen LogP contribution in [0.3, 0.4) is 0 Å². The Kier molecular flexibility index (Phi) is 7.54. The van der Waals surface area contributed by atoms with Crippen molar-refractivity contribution in [2.45, 2.75) is 38.9 Å². The van der Waals surface area contributed by atoms with Gasteiger partial charge in [-0.25, -0.2) is 0 Å². The van der Waals surface area contributed by atoms with Crippen LogP contribution in [0.5, 0.6) is 0 Å². The molecule has 3 aromatic rings. The van der Waals surface area contributed by atoms with Crippen molar-refractivity contribution in [3.8, 4) is 0 Å². The third kappa shape index (κ3) is 5.75. The fourth-order valence-corrected chi connectivity index (χ4v) is 3.23. The minimum Gasteiger partial charge on any atom is -0.369 e. The summed E-state index contributed by atoms with van der Waals surface area (Å²) >= 11 is 0. The molecule has 0 aliphatic rings. The average Bonchev–Trinajstić information content (AvgIpc) is 2.79. The zero-order chi connectivity index (χ0) is 20.5. The Bertz CT molecular complexity index is 897. The van der Waals surface area contributed by atoms with Crippen LogP contribution in [0.25, 0.3) is 0 Å². The Balaban J connectivity index is 1.69. The van der Waals surface area contributed by atoms with Crippen molar-refractivity contribution >= 4 is 11.6 Å². The number of rotatable bonds is 9. The van der Waals surface area contributed by atoms with Gasteiger partial charge in [-0.15, -0.1) is 0 Å². The Morgan fingerprint density at radius 3 is 2.55 bits per heavy atom. The number of hydrogen-bond acceptors (Lipinski definition) is 3. The van der Waals surface area contributed by atoms with Gasteiger partial charge in [-0.2, -0.15) is 0 Å². The van der Waals surface area contributed by atoms with Gasteiger partial charge in [-0.3, -0.25) is 9.78 Å². The van der Waals surface area contributed by atoms with E-state index in [9.17, 15) is 4.79 Å². The van der Waals surface area contributed by atoms with Crippen molar-refractivity contribution in [2.75, 3.05) is 11.9 Å². The van der Waals surface area contributed by atoms with Gasteiger partial charge in [0.25, 0.3) is 5.91 Å². The monoisotopic (exact) mass is 388 g/mol. The Morgan fingerprint density at radius 2 is 1.83 bits per heavy atom. The molecule has 0 bridgehead atoms. The summed E-state index contributed by atoms with van der Waals surface area (Å²) < 4.78 is 6.28. The molecule has 1 amide bonds. The highest BCUT2D eigenvalue weighted by Crippen LogP contribution is 2.26. The van der Waals surface area contributed by atoms with Crippen molar-refractivity contribution in [3.63, 3.8) is 0 Å². The largest absolute Gasteiger partial charge is 0.369 e. The maximum absolute atomic E-state index is 12.7.